The Morgan fingerprint density at radius 2 is 2.22 bits per heavy atom. The molecule has 2 aromatic rings. The topological polar surface area (TPSA) is 72.2 Å². The van der Waals surface area contributed by atoms with Gasteiger partial charge < -0.3 is 9.67 Å². The Kier molecular flexibility index (Phi) is 3.23. The molecular formula is C13H12N2O3. The monoisotopic (exact) mass is 244 g/mol. The Hall–Kier alpha value is -2.43. The van der Waals surface area contributed by atoms with Gasteiger partial charge in [-0.05, 0) is 30.7 Å². The molecule has 5 heteroatoms. The first-order valence-electron chi connectivity index (χ1n) is 5.42. The first kappa shape index (κ1) is 12.0. The third kappa shape index (κ3) is 2.45. The number of aromatic nitrogens is 2. The highest BCUT2D eigenvalue weighted by Gasteiger charge is 2.06. The van der Waals surface area contributed by atoms with E-state index in [2.05, 4.69) is 4.98 Å². The van der Waals surface area contributed by atoms with Crippen molar-refractivity contribution in [1.29, 1.82) is 0 Å². The van der Waals surface area contributed by atoms with Crippen LogP contribution in [0.3, 0.4) is 0 Å². The third-order valence-corrected chi connectivity index (χ3v) is 2.61. The van der Waals surface area contributed by atoms with Crippen molar-refractivity contribution in [3.8, 4) is 0 Å². The zero-order valence-electron chi connectivity index (χ0n) is 9.83. The van der Waals surface area contributed by atoms with Gasteiger partial charge in [-0.15, -0.1) is 0 Å². The predicted molar refractivity (Wildman–Crippen MR) is 65.7 cm³/mol. The van der Waals surface area contributed by atoms with Gasteiger partial charge in [0.1, 0.15) is 5.69 Å². The molecule has 2 heterocycles. The molecule has 92 valence electrons. The lowest BCUT2D eigenvalue weighted by molar-refractivity contribution is 0.0690. The second-order valence-electron chi connectivity index (χ2n) is 3.98. The lowest BCUT2D eigenvalue weighted by Gasteiger charge is -2.06. The molecule has 0 saturated heterocycles. The average molecular weight is 244 g/mol. The average Bonchev–Trinajstić information content (AvgIpc) is 2.35. The summed E-state index contributed by atoms with van der Waals surface area (Å²) in [6.07, 6.45) is 3.11. The van der Waals surface area contributed by atoms with Crippen molar-refractivity contribution < 1.29 is 9.90 Å². The van der Waals surface area contributed by atoms with Gasteiger partial charge in [-0.2, -0.15) is 0 Å². The van der Waals surface area contributed by atoms with Gasteiger partial charge in [0.25, 0.3) is 5.56 Å². The number of carbonyl (C=O) groups is 1. The smallest absolute Gasteiger partial charge is 0.354 e. The minimum Gasteiger partial charge on any atom is -0.477 e. The fourth-order valence-electron chi connectivity index (χ4n) is 1.67. The predicted octanol–water partition coefficient (Wildman–Crippen LogP) is 1.30. The zero-order chi connectivity index (χ0) is 13.1. The van der Waals surface area contributed by atoms with Crippen LogP contribution in [-0.4, -0.2) is 20.6 Å². The molecule has 2 rings (SSSR count). The van der Waals surface area contributed by atoms with Crippen LogP contribution in [0.4, 0.5) is 0 Å². The van der Waals surface area contributed by atoms with Crippen molar-refractivity contribution >= 4 is 5.97 Å². The number of carboxylic acids is 1. The maximum atomic E-state index is 11.8. The minimum absolute atomic E-state index is 0.0202. The number of nitrogens with zero attached hydrogens (tertiary/aromatic N) is 2. The van der Waals surface area contributed by atoms with Crippen molar-refractivity contribution in [1.82, 2.24) is 9.55 Å². The maximum Gasteiger partial charge on any atom is 0.354 e. The van der Waals surface area contributed by atoms with Crippen molar-refractivity contribution in [3.63, 3.8) is 0 Å². The number of aromatic carboxylic acids is 1. The van der Waals surface area contributed by atoms with Crippen LogP contribution in [0, 0.1) is 6.92 Å². The SMILES string of the molecule is Cc1cccn(Cc2ccnc(C(=O)O)c2)c1=O. The molecule has 0 aliphatic heterocycles. The Morgan fingerprint density at radius 1 is 1.44 bits per heavy atom. The number of hydrogen-bond acceptors (Lipinski definition) is 3. The molecule has 0 aromatic carbocycles. The lowest BCUT2D eigenvalue weighted by Crippen LogP contribution is -2.21. The highest BCUT2D eigenvalue weighted by molar-refractivity contribution is 5.85. The van der Waals surface area contributed by atoms with E-state index in [1.165, 1.54) is 16.8 Å². The van der Waals surface area contributed by atoms with Crippen LogP contribution in [0.15, 0.2) is 41.5 Å². The number of aryl methyl sites for hydroxylation is 1. The van der Waals surface area contributed by atoms with Crippen LogP contribution in [0.2, 0.25) is 0 Å². The van der Waals surface area contributed by atoms with E-state index in [4.69, 9.17) is 5.11 Å². The quantitative estimate of drug-likeness (QED) is 0.883. The van der Waals surface area contributed by atoms with Gasteiger partial charge in [0.05, 0.1) is 6.54 Å². The van der Waals surface area contributed by atoms with Crippen LogP contribution in [0.5, 0.6) is 0 Å². The number of pyridine rings is 2. The van der Waals surface area contributed by atoms with Gasteiger partial charge >= 0.3 is 5.97 Å². The van der Waals surface area contributed by atoms with E-state index in [9.17, 15) is 9.59 Å². The fraction of sp³-hybridized carbons (Fsp3) is 0.154. The third-order valence-electron chi connectivity index (χ3n) is 2.61. The molecular weight excluding hydrogens is 232 g/mol. The van der Waals surface area contributed by atoms with Crippen LogP contribution in [0.25, 0.3) is 0 Å². The molecule has 0 radical (unpaired) electrons. The van der Waals surface area contributed by atoms with Crippen LogP contribution in [-0.2, 0) is 6.54 Å². The van der Waals surface area contributed by atoms with E-state index in [0.29, 0.717) is 12.1 Å². The summed E-state index contributed by atoms with van der Waals surface area (Å²) in [5.41, 5.74) is 1.29. The van der Waals surface area contributed by atoms with Crippen LogP contribution >= 0.6 is 0 Å². The van der Waals surface area contributed by atoms with E-state index in [1.54, 1.807) is 31.3 Å². The van der Waals surface area contributed by atoms with Crippen molar-refractivity contribution in [2.45, 2.75) is 13.5 Å². The number of rotatable bonds is 3. The molecule has 0 spiro atoms. The standard InChI is InChI=1S/C13H12N2O3/c1-9-3-2-6-15(12(9)16)8-10-4-5-14-11(7-10)13(17)18/h2-7H,8H2,1H3,(H,17,18). The van der Waals surface area contributed by atoms with Crippen LogP contribution in [0.1, 0.15) is 21.6 Å². The summed E-state index contributed by atoms with van der Waals surface area (Å²) in [6.45, 7) is 2.08. The fourth-order valence-corrected chi connectivity index (χ4v) is 1.67. The van der Waals surface area contributed by atoms with Crippen molar-refractivity contribution in [2.75, 3.05) is 0 Å². The molecule has 0 aliphatic carbocycles. The van der Waals surface area contributed by atoms with Crippen molar-refractivity contribution in [3.05, 3.63) is 63.8 Å². The molecule has 2 aromatic heterocycles. The lowest BCUT2D eigenvalue weighted by atomic mass is 10.2. The van der Waals surface area contributed by atoms with E-state index >= 15 is 0 Å². The zero-order valence-corrected chi connectivity index (χ0v) is 9.83. The van der Waals surface area contributed by atoms with E-state index in [0.717, 1.165) is 5.56 Å². The summed E-state index contributed by atoms with van der Waals surface area (Å²) in [5, 5.41) is 8.84. The molecule has 0 bridgehead atoms. The van der Waals surface area contributed by atoms with E-state index in [-0.39, 0.29) is 11.3 Å². The Morgan fingerprint density at radius 3 is 2.94 bits per heavy atom. The van der Waals surface area contributed by atoms with Gasteiger partial charge in [0.15, 0.2) is 0 Å². The number of carboxylic acid groups (broad SMARTS) is 1. The first-order valence-corrected chi connectivity index (χ1v) is 5.42. The summed E-state index contributed by atoms with van der Waals surface area (Å²) in [4.78, 5) is 26.4. The van der Waals surface area contributed by atoms with Crippen LogP contribution < -0.4 is 5.56 Å². The highest BCUT2D eigenvalue weighted by atomic mass is 16.4. The Balaban J connectivity index is 2.34. The summed E-state index contributed by atoms with van der Waals surface area (Å²) >= 11 is 0. The minimum atomic E-state index is -1.08. The van der Waals surface area contributed by atoms with E-state index < -0.39 is 5.97 Å². The molecule has 0 atom stereocenters. The normalized spacial score (nSPS) is 10.3. The molecule has 0 saturated carbocycles. The van der Waals surface area contributed by atoms with Gasteiger partial charge in [0, 0.05) is 18.0 Å². The molecule has 0 amide bonds. The van der Waals surface area contributed by atoms with Crippen molar-refractivity contribution in [2.24, 2.45) is 0 Å². The molecule has 1 N–H and O–H groups in total. The first-order chi connectivity index (χ1) is 8.58. The van der Waals surface area contributed by atoms with E-state index in [1.807, 2.05) is 0 Å². The molecule has 0 unspecified atom stereocenters. The second-order valence-corrected chi connectivity index (χ2v) is 3.98. The molecule has 18 heavy (non-hydrogen) atoms. The Labute approximate surface area is 103 Å². The van der Waals surface area contributed by atoms with Gasteiger partial charge in [-0.3, -0.25) is 4.79 Å². The summed E-state index contributed by atoms with van der Waals surface area (Å²) in [5.74, 6) is -1.08. The summed E-state index contributed by atoms with van der Waals surface area (Å²) in [7, 11) is 0. The molecule has 0 fully saturated rings. The molecule has 5 nitrogen and oxygen atoms in total. The van der Waals surface area contributed by atoms with Gasteiger partial charge in [-0.25, -0.2) is 9.78 Å². The van der Waals surface area contributed by atoms with Gasteiger partial charge in [-0.1, -0.05) is 6.07 Å². The number of hydrogen-bond donors (Lipinski definition) is 1. The second kappa shape index (κ2) is 4.83. The maximum absolute atomic E-state index is 11.8. The summed E-state index contributed by atoms with van der Waals surface area (Å²) < 4.78 is 1.54. The summed E-state index contributed by atoms with van der Waals surface area (Å²) in [6, 6.07) is 6.70. The highest BCUT2D eigenvalue weighted by Crippen LogP contribution is 2.04. The Bertz CT molecular complexity index is 647. The largest absolute Gasteiger partial charge is 0.477 e. The molecule has 0 aliphatic rings. The van der Waals surface area contributed by atoms with Gasteiger partial charge in [0.2, 0.25) is 0 Å².